The normalized spacial score (nSPS) is 19.4. The van der Waals surface area contributed by atoms with Gasteiger partial charge in [0.2, 0.25) is 0 Å². The van der Waals surface area contributed by atoms with Crippen molar-refractivity contribution in [2.24, 2.45) is 0 Å². The van der Waals surface area contributed by atoms with Crippen molar-refractivity contribution in [3.05, 3.63) is 0 Å². The molecule has 0 spiro atoms. The average Bonchev–Trinajstić information content (AvgIpc) is 2.14. The summed E-state index contributed by atoms with van der Waals surface area (Å²) in [6.45, 7) is 6.09. The highest BCUT2D eigenvalue weighted by Crippen LogP contribution is 2.10. The van der Waals surface area contributed by atoms with Crippen LogP contribution in [0.15, 0.2) is 0 Å². The Kier molecular flexibility index (Phi) is 4.00. The number of carboxylic acid groups (broad SMARTS) is 1. The summed E-state index contributed by atoms with van der Waals surface area (Å²) < 4.78 is 27.7. The van der Waals surface area contributed by atoms with Gasteiger partial charge < -0.3 is 10.0 Å². The van der Waals surface area contributed by atoms with E-state index in [9.17, 15) is 13.2 Å². The van der Waals surface area contributed by atoms with Crippen LogP contribution < -0.4 is 4.72 Å². The second-order valence-electron chi connectivity index (χ2n) is 5.03. The minimum atomic E-state index is -3.53. The zero-order valence-electron chi connectivity index (χ0n) is 10.3. The third-order valence-electron chi connectivity index (χ3n) is 2.28. The number of nitrogens with one attached hydrogen (secondary N) is 1. The number of piperazine rings is 1. The van der Waals surface area contributed by atoms with Gasteiger partial charge in [0, 0.05) is 31.7 Å². The lowest BCUT2D eigenvalue weighted by atomic mass is 10.1. The van der Waals surface area contributed by atoms with Crippen LogP contribution in [0.1, 0.15) is 20.8 Å². The van der Waals surface area contributed by atoms with Gasteiger partial charge in [0.15, 0.2) is 0 Å². The van der Waals surface area contributed by atoms with Crippen LogP contribution in [0.25, 0.3) is 0 Å². The Bertz CT molecular complexity index is 380. The van der Waals surface area contributed by atoms with E-state index in [2.05, 4.69) is 4.72 Å². The molecule has 1 rings (SSSR count). The molecule has 1 aliphatic heterocycles. The molecule has 0 saturated carbocycles. The quantitative estimate of drug-likeness (QED) is 0.730. The second kappa shape index (κ2) is 4.79. The summed E-state index contributed by atoms with van der Waals surface area (Å²) in [5.41, 5.74) is -0.539. The van der Waals surface area contributed by atoms with Gasteiger partial charge in [-0.2, -0.15) is 17.4 Å². The highest BCUT2D eigenvalue weighted by atomic mass is 32.2. The number of rotatable bonds is 2. The van der Waals surface area contributed by atoms with Crippen LogP contribution >= 0.6 is 0 Å². The van der Waals surface area contributed by atoms with Crippen LogP contribution in [0.2, 0.25) is 0 Å². The molecule has 8 heteroatoms. The molecule has 7 nitrogen and oxygen atoms in total. The molecule has 1 amide bonds. The lowest BCUT2D eigenvalue weighted by molar-refractivity contribution is 0.126. The van der Waals surface area contributed by atoms with Crippen molar-refractivity contribution in [3.8, 4) is 0 Å². The number of hydrogen-bond donors (Lipinski definition) is 2. The van der Waals surface area contributed by atoms with Gasteiger partial charge in [-0.3, -0.25) is 0 Å². The van der Waals surface area contributed by atoms with E-state index in [1.54, 1.807) is 20.8 Å². The fraction of sp³-hybridized carbons (Fsp3) is 0.889. The van der Waals surface area contributed by atoms with Gasteiger partial charge in [-0.1, -0.05) is 0 Å². The van der Waals surface area contributed by atoms with Crippen molar-refractivity contribution in [1.82, 2.24) is 13.9 Å². The van der Waals surface area contributed by atoms with Crippen LogP contribution in [0.4, 0.5) is 4.79 Å². The maximum atomic E-state index is 11.9. The number of carbonyl (C=O) groups is 1. The predicted molar refractivity (Wildman–Crippen MR) is 63.0 cm³/mol. The topological polar surface area (TPSA) is 90.0 Å². The summed E-state index contributed by atoms with van der Waals surface area (Å²) in [6, 6.07) is 0. The van der Waals surface area contributed by atoms with E-state index in [1.165, 1.54) is 9.21 Å². The molecule has 0 aliphatic carbocycles. The average molecular weight is 265 g/mol. The maximum absolute atomic E-state index is 11.9. The van der Waals surface area contributed by atoms with Gasteiger partial charge in [0.25, 0.3) is 10.2 Å². The van der Waals surface area contributed by atoms with Crippen molar-refractivity contribution in [3.63, 3.8) is 0 Å². The van der Waals surface area contributed by atoms with Crippen molar-refractivity contribution in [2.75, 3.05) is 26.2 Å². The number of hydrogen-bond acceptors (Lipinski definition) is 3. The first-order valence-corrected chi connectivity index (χ1v) is 6.83. The zero-order chi connectivity index (χ0) is 13.3. The molecular weight excluding hydrogens is 246 g/mol. The molecule has 100 valence electrons. The zero-order valence-corrected chi connectivity index (χ0v) is 11.1. The fourth-order valence-corrected chi connectivity index (χ4v) is 3.12. The van der Waals surface area contributed by atoms with E-state index in [0.717, 1.165) is 0 Å². The Morgan fingerprint density at radius 3 is 2.00 bits per heavy atom. The molecule has 0 unspecified atom stereocenters. The van der Waals surface area contributed by atoms with Crippen molar-refractivity contribution >= 4 is 16.3 Å². The van der Waals surface area contributed by atoms with Crippen LogP contribution in [-0.4, -0.2) is 60.5 Å². The SMILES string of the molecule is CC(C)(C)NS(=O)(=O)N1CCN(C(=O)O)CC1. The first-order chi connectivity index (χ1) is 7.62. The van der Waals surface area contributed by atoms with Crippen LogP contribution in [0, 0.1) is 0 Å². The van der Waals surface area contributed by atoms with Crippen molar-refractivity contribution in [1.29, 1.82) is 0 Å². The molecule has 0 radical (unpaired) electrons. The maximum Gasteiger partial charge on any atom is 0.407 e. The second-order valence-corrected chi connectivity index (χ2v) is 6.70. The molecule has 17 heavy (non-hydrogen) atoms. The van der Waals surface area contributed by atoms with E-state index in [0.29, 0.717) is 0 Å². The Balaban J connectivity index is 2.62. The molecule has 0 aromatic rings. The summed E-state index contributed by atoms with van der Waals surface area (Å²) in [4.78, 5) is 11.9. The molecule has 1 fully saturated rings. The Hall–Kier alpha value is -0.860. The number of amides is 1. The molecule has 2 N–H and O–H groups in total. The van der Waals surface area contributed by atoms with Crippen LogP contribution in [0.3, 0.4) is 0 Å². The van der Waals surface area contributed by atoms with Gasteiger partial charge >= 0.3 is 6.09 Å². The summed E-state index contributed by atoms with van der Waals surface area (Å²) in [5, 5.41) is 8.76. The van der Waals surface area contributed by atoms with E-state index < -0.39 is 21.8 Å². The molecule has 1 aliphatic rings. The molecular formula is C9H19N3O4S. The first-order valence-electron chi connectivity index (χ1n) is 5.39. The van der Waals surface area contributed by atoms with E-state index in [1.807, 2.05) is 0 Å². The molecule has 1 saturated heterocycles. The summed E-state index contributed by atoms with van der Waals surface area (Å²) in [7, 11) is -3.53. The first kappa shape index (κ1) is 14.2. The summed E-state index contributed by atoms with van der Waals surface area (Å²) >= 11 is 0. The highest BCUT2D eigenvalue weighted by molar-refractivity contribution is 7.87. The third kappa shape index (κ3) is 4.14. The Morgan fingerprint density at radius 2 is 1.65 bits per heavy atom. The molecule has 1 heterocycles. The van der Waals surface area contributed by atoms with E-state index in [-0.39, 0.29) is 26.2 Å². The van der Waals surface area contributed by atoms with E-state index in [4.69, 9.17) is 5.11 Å². The highest BCUT2D eigenvalue weighted by Gasteiger charge is 2.31. The third-order valence-corrected chi connectivity index (χ3v) is 4.20. The molecule has 0 aromatic carbocycles. The lowest BCUT2D eigenvalue weighted by Gasteiger charge is -2.34. The van der Waals surface area contributed by atoms with Gasteiger partial charge in [-0.05, 0) is 20.8 Å². The molecule has 0 atom stereocenters. The largest absolute Gasteiger partial charge is 0.465 e. The lowest BCUT2D eigenvalue weighted by Crippen LogP contribution is -2.55. The molecule has 0 bridgehead atoms. The van der Waals surface area contributed by atoms with Crippen LogP contribution in [-0.2, 0) is 10.2 Å². The van der Waals surface area contributed by atoms with Gasteiger partial charge in [-0.25, -0.2) is 4.79 Å². The van der Waals surface area contributed by atoms with Crippen molar-refractivity contribution < 1.29 is 18.3 Å². The van der Waals surface area contributed by atoms with Crippen molar-refractivity contribution in [2.45, 2.75) is 26.3 Å². The summed E-state index contributed by atoms with van der Waals surface area (Å²) in [6.07, 6.45) is -1.01. The minimum Gasteiger partial charge on any atom is -0.465 e. The predicted octanol–water partition coefficient (Wildman–Crippen LogP) is -0.0851. The van der Waals surface area contributed by atoms with Gasteiger partial charge in [-0.15, -0.1) is 0 Å². The standard InChI is InChI=1S/C9H19N3O4S/c1-9(2,3)10-17(15,16)12-6-4-11(5-7-12)8(13)14/h10H,4-7H2,1-3H3,(H,13,14). The Labute approximate surface area is 102 Å². The Morgan fingerprint density at radius 1 is 1.18 bits per heavy atom. The minimum absolute atomic E-state index is 0.192. The van der Waals surface area contributed by atoms with Gasteiger partial charge in [0.05, 0.1) is 0 Å². The smallest absolute Gasteiger partial charge is 0.407 e. The summed E-state index contributed by atoms with van der Waals surface area (Å²) in [5.74, 6) is 0. The fourth-order valence-electron chi connectivity index (χ4n) is 1.57. The van der Waals surface area contributed by atoms with Gasteiger partial charge in [0.1, 0.15) is 0 Å². The molecule has 0 aromatic heterocycles. The van der Waals surface area contributed by atoms with Crippen LogP contribution in [0.5, 0.6) is 0 Å². The van der Waals surface area contributed by atoms with E-state index >= 15 is 0 Å². The monoisotopic (exact) mass is 265 g/mol. The number of nitrogens with zero attached hydrogens (tertiary/aromatic N) is 2.